The third-order valence-corrected chi connectivity index (χ3v) is 5.02. The normalized spacial score (nSPS) is 29.0. The number of aliphatic hydroxyl groups is 2. The fourth-order valence-corrected chi connectivity index (χ4v) is 3.62. The van der Waals surface area contributed by atoms with Gasteiger partial charge in [-0.15, -0.1) is 0 Å². The fourth-order valence-electron chi connectivity index (χ4n) is 3.62. The lowest BCUT2D eigenvalue weighted by Gasteiger charge is -2.35. The molecule has 3 N–H and O–H groups in total. The molecule has 0 aliphatic carbocycles. The van der Waals surface area contributed by atoms with Gasteiger partial charge in [-0.2, -0.15) is 0 Å². The van der Waals surface area contributed by atoms with Crippen LogP contribution in [0.4, 0.5) is 0 Å². The molecule has 0 spiro atoms. The molecule has 2 fully saturated rings. The summed E-state index contributed by atoms with van der Waals surface area (Å²) in [6.45, 7) is 2.58. The minimum atomic E-state index is -0.571. The standard InChI is InChI=1S/C18H32N2O6/c1-13(23)19-16-8-7-15(12-22)26-18(16)25-10-3-2-6-17(24)20-9-4-5-14(20)11-21/h14-16,18,21-22H,2-12H2,1H3,(H,19,23)/t14-,15?,16?,18?/m0/s1. The summed E-state index contributed by atoms with van der Waals surface area (Å²) in [5, 5.41) is 21.4. The molecule has 8 nitrogen and oxygen atoms in total. The number of aliphatic hydroxyl groups excluding tert-OH is 2. The lowest BCUT2D eigenvalue weighted by molar-refractivity contribution is -0.214. The third-order valence-electron chi connectivity index (χ3n) is 5.02. The predicted octanol–water partition coefficient (Wildman–Crippen LogP) is 0.159. The summed E-state index contributed by atoms with van der Waals surface area (Å²) in [4.78, 5) is 25.3. The van der Waals surface area contributed by atoms with Crippen molar-refractivity contribution in [3.8, 4) is 0 Å². The first kappa shape index (κ1) is 21.1. The largest absolute Gasteiger partial charge is 0.394 e. The quantitative estimate of drug-likeness (QED) is 0.498. The number of likely N-dealkylation sites (tertiary alicyclic amines) is 1. The molecule has 2 aliphatic heterocycles. The molecule has 0 saturated carbocycles. The van der Waals surface area contributed by atoms with Crippen LogP contribution in [0, 0.1) is 0 Å². The van der Waals surface area contributed by atoms with Crippen molar-refractivity contribution in [1.29, 1.82) is 0 Å². The summed E-state index contributed by atoms with van der Waals surface area (Å²) in [5.74, 6) is -0.0452. The second-order valence-electron chi connectivity index (χ2n) is 7.09. The molecule has 150 valence electrons. The molecule has 0 radical (unpaired) electrons. The van der Waals surface area contributed by atoms with Crippen LogP contribution in [0.25, 0.3) is 0 Å². The molecular formula is C18H32N2O6. The van der Waals surface area contributed by atoms with E-state index in [1.54, 1.807) is 4.90 Å². The van der Waals surface area contributed by atoms with Crippen molar-refractivity contribution in [1.82, 2.24) is 10.2 Å². The number of ether oxygens (including phenoxy) is 2. The summed E-state index contributed by atoms with van der Waals surface area (Å²) in [5.41, 5.74) is 0. The molecule has 8 heteroatoms. The Kier molecular flexibility index (Phi) is 8.77. The smallest absolute Gasteiger partial charge is 0.222 e. The highest BCUT2D eigenvalue weighted by Crippen LogP contribution is 2.21. The molecule has 0 aromatic carbocycles. The Labute approximate surface area is 154 Å². The van der Waals surface area contributed by atoms with Crippen molar-refractivity contribution in [3.63, 3.8) is 0 Å². The van der Waals surface area contributed by atoms with Crippen LogP contribution in [0.3, 0.4) is 0 Å². The zero-order chi connectivity index (χ0) is 18.9. The van der Waals surface area contributed by atoms with E-state index in [9.17, 15) is 19.8 Å². The number of hydrogen-bond acceptors (Lipinski definition) is 6. The number of rotatable bonds is 9. The fraction of sp³-hybridized carbons (Fsp3) is 0.889. The first-order valence-electron chi connectivity index (χ1n) is 9.60. The first-order valence-corrected chi connectivity index (χ1v) is 9.60. The van der Waals surface area contributed by atoms with Crippen molar-refractivity contribution >= 4 is 11.8 Å². The SMILES string of the molecule is CC(=O)NC1CCC(CO)OC1OCCCCC(=O)N1CCC[C@H]1CO. The minimum Gasteiger partial charge on any atom is -0.394 e. The van der Waals surface area contributed by atoms with Crippen molar-refractivity contribution < 1.29 is 29.3 Å². The maximum Gasteiger partial charge on any atom is 0.222 e. The van der Waals surface area contributed by atoms with Gasteiger partial charge in [0.2, 0.25) is 11.8 Å². The minimum absolute atomic E-state index is 0.0248. The summed E-state index contributed by atoms with van der Waals surface area (Å²) < 4.78 is 11.5. The molecule has 2 rings (SSSR count). The van der Waals surface area contributed by atoms with Crippen LogP contribution in [-0.4, -0.2) is 77.8 Å². The highest BCUT2D eigenvalue weighted by atomic mass is 16.7. The van der Waals surface area contributed by atoms with E-state index in [0.717, 1.165) is 19.4 Å². The Morgan fingerprint density at radius 2 is 2.00 bits per heavy atom. The van der Waals surface area contributed by atoms with E-state index in [1.165, 1.54) is 6.92 Å². The molecule has 26 heavy (non-hydrogen) atoms. The van der Waals surface area contributed by atoms with Gasteiger partial charge in [0, 0.05) is 26.5 Å². The van der Waals surface area contributed by atoms with Crippen LogP contribution in [0.2, 0.25) is 0 Å². The van der Waals surface area contributed by atoms with Gasteiger partial charge < -0.3 is 29.9 Å². The predicted molar refractivity (Wildman–Crippen MR) is 94.2 cm³/mol. The van der Waals surface area contributed by atoms with Gasteiger partial charge in [0.05, 0.1) is 31.4 Å². The number of carbonyl (C=O) groups is 2. The van der Waals surface area contributed by atoms with Crippen LogP contribution >= 0.6 is 0 Å². The molecule has 0 aromatic heterocycles. The zero-order valence-corrected chi connectivity index (χ0v) is 15.6. The van der Waals surface area contributed by atoms with E-state index in [-0.39, 0.29) is 43.2 Å². The van der Waals surface area contributed by atoms with Gasteiger partial charge in [0.25, 0.3) is 0 Å². The van der Waals surface area contributed by atoms with Gasteiger partial charge in [0.15, 0.2) is 6.29 Å². The van der Waals surface area contributed by atoms with Gasteiger partial charge in [0.1, 0.15) is 0 Å². The van der Waals surface area contributed by atoms with Crippen LogP contribution in [0.15, 0.2) is 0 Å². The number of unbranched alkanes of at least 4 members (excludes halogenated alkanes) is 1. The van der Waals surface area contributed by atoms with Crippen molar-refractivity contribution in [2.24, 2.45) is 0 Å². The molecule has 2 saturated heterocycles. The Hall–Kier alpha value is -1.22. The second-order valence-corrected chi connectivity index (χ2v) is 7.09. The van der Waals surface area contributed by atoms with Gasteiger partial charge in [-0.1, -0.05) is 0 Å². The average Bonchev–Trinajstić information content (AvgIpc) is 3.10. The monoisotopic (exact) mass is 372 g/mol. The first-order chi connectivity index (χ1) is 12.5. The molecule has 4 atom stereocenters. The van der Waals surface area contributed by atoms with Gasteiger partial charge in [-0.3, -0.25) is 9.59 Å². The Balaban J connectivity index is 1.68. The van der Waals surface area contributed by atoms with E-state index in [4.69, 9.17) is 9.47 Å². The topological polar surface area (TPSA) is 108 Å². The maximum atomic E-state index is 12.2. The molecule has 2 heterocycles. The van der Waals surface area contributed by atoms with E-state index < -0.39 is 6.29 Å². The average molecular weight is 372 g/mol. The van der Waals surface area contributed by atoms with Crippen LogP contribution in [-0.2, 0) is 19.1 Å². The summed E-state index contributed by atoms with van der Waals surface area (Å²) in [6.07, 6.45) is 4.23. The maximum absolute atomic E-state index is 12.2. The van der Waals surface area contributed by atoms with E-state index >= 15 is 0 Å². The summed E-state index contributed by atoms with van der Waals surface area (Å²) >= 11 is 0. The van der Waals surface area contributed by atoms with Crippen molar-refractivity contribution in [2.75, 3.05) is 26.4 Å². The third kappa shape index (κ3) is 6.19. The molecule has 2 aliphatic rings. The van der Waals surface area contributed by atoms with Crippen molar-refractivity contribution in [2.45, 2.75) is 76.3 Å². The highest BCUT2D eigenvalue weighted by molar-refractivity contribution is 5.76. The van der Waals surface area contributed by atoms with E-state index in [0.29, 0.717) is 38.7 Å². The number of nitrogens with one attached hydrogen (secondary N) is 1. The number of amides is 2. The zero-order valence-electron chi connectivity index (χ0n) is 15.6. The Morgan fingerprint density at radius 1 is 1.19 bits per heavy atom. The van der Waals surface area contributed by atoms with Crippen LogP contribution < -0.4 is 5.32 Å². The molecule has 2 amide bonds. The van der Waals surface area contributed by atoms with Gasteiger partial charge >= 0.3 is 0 Å². The lowest BCUT2D eigenvalue weighted by atomic mass is 10.0. The van der Waals surface area contributed by atoms with Crippen molar-refractivity contribution in [3.05, 3.63) is 0 Å². The van der Waals surface area contributed by atoms with Crippen LogP contribution in [0.1, 0.15) is 51.9 Å². The highest BCUT2D eigenvalue weighted by Gasteiger charge is 2.32. The molecule has 0 bridgehead atoms. The summed E-state index contributed by atoms with van der Waals surface area (Å²) in [7, 11) is 0. The Bertz CT molecular complexity index is 461. The summed E-state index contributed by atoms with van der Waals surface area (Å²) in [6, 6.07) is -0.241. The van der Waals surface area contributed by atoms with E-state index in [2.05, 4.69) is 5.32 Å². The number of nitrogens with zero attached hydrogens (tertiary/aromatic N) is 1. The molecule has 0 aromatic rings. The Morgan fingerprint density at radius 3 is 2.69 bits per heavy atom. The van der Waals surface area contributed by atoms with Crippen LogP contribution in [0.5, 0.6) is 0 Å². The second kappa shape index (κ2) is 10.8. The van der Waals surface area contributed by atoms with Gasteiger partial charge in [-0.25, -0.2) is 0 Å². The number of hydrogen-bond donors (Lipinski definition) is 3. The van der Waals surface area contributed by atoms with E-state index in [1.807, 2.05) is 0 Å². The molecule has 3 unspecified atom stereocenters. The van der Waals surface area contributed by atoms with Gasteiger partial charge in [-0.05, 0) is 38.5 Å². The molecular weight excluding hydrogens is 340 g/mol. The number of carbonyl (C=O) groups excluding carboxylic acids is 2. The lowest BCUT2D eigenvalue weighted by Crippen LogP contribution is -2.50.